The van der Waals surface area contributed by atoms with E-state index in [0.717, 1.165) is 27.6 Å². The summed E-state index contributed by atoms with van der Waals surface area (Å²) in [5.74, 6) is 0.820. The maximum absolute atomic E-state index is 6.31. The topological polar surface area (TPSA) is 38.5 Å². The van der Waals surface area contributed by atoms with Crippen molar-refractivity contribution in [3.8, 4) is 5.75 Å². The molecule has 0 saturated carbocycles. The molecule has 0 heterocycles. The first kappa shape index (κ1) is 15.7. The maximum atomic E-state index is 6.31. The standard InChI is InChI=1S/C17H21ClN2O/c1-12(15-6-4-5-7-16(15)18)20(2)17-10-14(21-3)9-8-13(17)11-19/h4-10,12H,11,19H2,1-3H3. The van der Waals surface area contributed by atoms with E-state index in [-0.39, 0.29) is 6.04 Å². The van der Waals surface area contributed by atoms with Crippen LogP contribution in [-0.4, -0.2) is 14.2 Å². The molecule has 21 heavy (non-hydrogen) atoms. The molecule has 2 N–H and O–H groups in total. The Morgan fingerprint density at radius 3 is 2.57 bits per heavy atom. The van der Waals surface area contributed by atoms with Crippen LogP contribution in [-0.2, 0) is 6.54 Å². The average molecular weight is 305 g/mol. The van der Waals surface area contributed by atoms with Crippen molar-refractivity contribution in [2.24, 2.45) is 5.73 Å². The molecule has 0 spiro atoms. The first-order valence-electron chi connectivity index (χ1n) is 6.92. The molecule has 4 heteroatoms. The monoisotopic (exact) mass is 304 g/mol. The van der Waals surface area contributed by atoms with Crippen LogP contribution >= 0.6 is 11.6 Å². The van der Waals surface area contributed by atoms with Gasteiger partial charge in [0.1, 0.15) is 5.75 Å². The van der Waals surface area contributed by atoms with Crippen molar-refractivity contribution in [1.82, 2.24) is 0 Å². The van der Waals surface area contributed by atoms with Gasteiger partial charge < -0.3 is 15.4 Å². The van der Waals surface area contributed by atoms with E-state index < -0.39 is 0 Å². The van der Waals surface area contributed by atoms with E-state index in [0.29, 0.717) is 6.54 Å². The van der Waals surface area contributed by atoms with E-state index in [1.807, 2.05) is 49.5 Å². The van der Waals surface area contributed by atoms with E-state index in [2.05, 4.69) is 11.8 Å². The Bertz CT molecular complexity index is 615. The second-order valence-electron chi connectivity index (χ2n) is 5.01. The molecule has 2 rings (SSSR count). The summed E-state index contributed by atoms with van der Waals surface area (Å²) in [4.78, 5) is 2.17. The van der Waals surface area contributed by atoms with Crippen molar-refractivity contribution in [3.05, 3.63) is 58.6 Å². The van der Waals surface area contributed by atoms with Crippen molar-refractivity contribution in [2.45, 2.75) is 19.5 Å². The van der Waals surface area contributed by atoms with Gasteiger partial charge in [-0.3, -0.25) is 0 Å². The summed E-state index contributed by atoms with van der Waals surface area (Å²) in [6.07, 6.45) is 0. The summed E-state index contributed by atoms with van der Waals surface area (Å²) >= 11 is 6.31. The van der Waals surface area contributed by atoms with Crippen LogP contribution in [0.15, 0.2) is 42.5 Å². The number of nitrogens with zero attached hydrogens (tertiary/aromatic N) is 1. The summed E-state index contributed by atoms with van der Waals surface area (Å²) in [7, 11) is 3.71. The van der Waals surface area contributed by atoms with Gasteiger partial charge in [-0.15, -0.1) is 0 Å². The summed E-state index contributed by atoms with van der Waals surface area (Å²) in [6.45, 7) is 2.61. The lowest BCUT2D eigenvalue weighted by molar-refractivity contribution is 0.414. The first-order valence-corrected chi connectivity index (χ1v) is 7.30. The molecule has 0 aliphatic heterocycles. The highest BCUT2D eigenvalue weighted by Crippen LogP contribution is 2.33. The fourth-order valence-electron chi connectivity index (χ4n) is 2.40. The fourth-order valence-corrected chi connectivity index (χ4v) is 2.70. The normalized spacial score (nSPS) is 12.0. The van der Waals surface area contributed by atoms with Crippen molar-refractivity contribution in [2.75, 3.05) is 19.1 Å². The smallest absolute Gasteiger partial charge is 0.120 e. The summed E-state index contributed by atoms with van der Waals surface area (Å²) in [5.41, 5.74) is 9.09. The van der Waals surface area contributed by atoms with E-state index in [1.165, 1.54) is 0 Å². The van der Waals surface area contributed by atoms with Gasteiger partial charge in [-0.25, -0.2) is 0 Å². The molecule has 112 valence electrons. The summed E-state index contributed by atoms with van der Waals surface area (Å²) in [6, 6.07) is 14.0. The van der Waals surface area contributed by atoms with Crippen molar-refractivity contribution < 1.29 is 4.74 Å². The Balaban J connectivity index is 2.39. The Kier molecular flexibility index (Phi) is 5.10. The first-order chi connectivity index (χ1) is 10.1. The van der Waals surface area contributed by atoms with Gasteiger partial charge in [-0.1, -0.05) is 35.9 Å². The Labute approximate surface area is 131 Å². The summed E-state index contributed by atoms with van der Waals surface area (Å²) in [5, 5.41) is 0.772. The highest BCUT2D eigenvalue weighted by Gasteiger charge is 2.17. The SMILES string of the molecule is COc1ccc(CN)c(N(C)C(C)c2ccccc2Cl)c1. The molecule has 0 aliphatic carbocycles. The minimum absolute atomic E-state index is 0.135. The lowest BCUT2D eigenvalue weighted by Crippen LogP contribution is -2.23. The third kappa shape index (κ3) is 3.31. The third-order valence-electron chi connectivity index (χ3n) is 3.83. The Morgan fingerprint density at radius 2 is 1.95 bits per heavy atom. The van der Waals surface area contributed by atoms with Crippen LogP contribution in [0.2, 0.25) is 5.02 Å². The quantitative estimate of drug-likeness (QED) is 0.907. The van der Waals surface area contributed by atoms with Gasteiger partial charge in [-0.2, -0.15) is 0 Å². The zero-order valence-corrected chi connectivity index (χ0v) is 13.4. The molecule has 0 fully saturated rings. The van der Waals surface area contributed by atoms with Gasteiger partial charge in [0.05, 0.1) is 13.2 Å². The third-order valence-corrected chi connectivity index (χ3v) is 4.17. The van der Waals surface area contributed by atoms with Crippen molar-refractivity contribution in [3.63, 3.8) is 0 Å². The number of ether oxygens (including phenoxy) is 1. The number of methoxy groups -OCH3 is 1. The lowest BCUT2D eigenvalue weighted by Gasteiger charge is -2.30. The van der Waals surface area contributed by atoms with Crippen LogP contribution < -0.4 is 15.4 Å². The zero-order valence-electron chi connectivity index (χ0n) is 12.6. The number of benzene rings is 2. The minimum atomic E-state index is 0.135. The van der Waals surface area contributed by atoms with Crippen LogP contribution in [0, 0.1) is 0 Å². The summed E-state index contributed by atoms with van der Waals surface area (Å²) < 4.78 is 5.32. The molecule has 0 saturated heterocycles. The molecule has 0 radical (unpaired) electrons. The number of hydrogen-bond donors (Lipinski definition) is 1. The number of hydrogen-bond acceptors (Lipinski definition) is 3. The van der Waals surface area contributed by atoms with Crippen molar-refractivity contribution in [1.29, 1.82) is 0 Å². The second-order valence-corrected chi connectivity index (χ2v) is 5.41. The predicted molar refractivity (Wildman–Crippen MR) is 89.2 cm³/mol. The van der Waals surface area contributed by atoms with E-state index in [9.17, 15) is 0 Å². The van der Waals surface area contributed by atoms with Gasteiger partial charge >= 0.3 is 0 Å². The van der Waals surface area contributed by atoms with Crippen LogP contribution in [0.5, 0.6) is 5.75 Å². The number of halogens is 1. The van der Waals surface area contributed by atoms with Gasteiger partial charge in [0, 0.05) is 30.4 Å². The van der Waals surface area contributed by atoms with E-state index in [4.69, 9.17) is 22.1 Å². The predicted octanol–water partition coefficient (Wildman–Crippen LogP) is 4.00. The lowest BCUT2D eigenvalue weighted by atomic mass is 10.0. The number of anilines is 1. The zero-order chi connectivity index (χ0) is 15.4. The highest BCUT2D eigenvalue weighted by atomic mass is 35.5. The Hall–Kier alpha value is -1.71. The molecular formula is C17H21ClN2O. The van der Waals surface area contributed by atoms with Crippen LogP contribution in [0.1, 0.15) is 24.1 Å². The van der Waals surface area contributed by atoms with E-state index >= 15 is 0 Å². The van der Waals surface area contributed by atoms with Crippen LogP contribution in [0.3, 0.4) is 0 Å². The molecular weight excluding hydrogens is 284 g/mol. The molecule has 0 bridgehead atoms. The fraction of sp³-hybridized carbons (Fsp3) is 0.294. The Morgan fingerprint density at radius 1 is 1.24 bits per heavy atom. The van der Waals surface area contributed by atoms with Gasteiger partial charge in [0.15, 0.2) is 0 Å². The average Bonchev–Trinajstić information content (AvgIpc) is 2.53. The molecule has 0 amide bonds. The molecule has 0 aliphatic rings. The maximum Gasteiger partial charge on any atom is 0.120 e. The van der Waals surface area contributed by atoms with Crippen molar-refractivity contribution >= 4 is 17.3 Å². The van der Waals surface area contributed by atoms with Gasteiger partial charge in [-0.05, 0) is 30.2 Å². The largest absolute Gasteiger partial charge is 0.497 e. The van der Waals surface area contributed by atoms with Gasteiger partial charge in [0.2, 0.25) is 0 Å². The van der Waals surface area contributed by atoms with Gasteiger partial charge in [0.25, 0.3) is 0 Å². The molecule has 0 aromatic heterocycles. The van der Waals surface area contributed by atoms with E-state index in [1.54, 1.807) is 7.11 Å². The van der Waals surface area contributed by atoms with Crippen LogP contribution in [0.4, 0.5) is 5.69 Å². The molecule has 2 aromatic rings. The molecule has 1 atom stereocenters. The second kappa shape index (κ2) is 6.83. The molecule has 1 unspecified atom stereocenters. The molecule has 2 aromatic carbocycles. The number of nitrogens with two attached hydrogens (primary N) is 1. The highest BCUT2D eigenvalue weighted by molar-refractivity contribution is 6.31. The number of rotatable bonds is 5. The van der Waals surface area contributed by atoms with Crippen LogP contribution in [0.25, 0.3) is 0 Å². The molecule has 3 nitrogen and oxygen atoms in total. The minimum Gasteiger partial charge on any atom is -0.497 e.